The van der Waals surface area contributed by atoms with Crippen LogP contribution in [-0.2, 0) is 6.42 Å². The van der Waals surface area contributed by atoms with E-state index in [4.69, 9.17) is 4.74 Å². The second-order valence-corrected chi connectivity index (χ2v) is 4.80. The van der Waals surface area contributed by atoms with Gasteiger partial charge in [0.05, 0.1) is 7.11 Å². The highest BCUT2D eigenvalue weighted by Crippen LogP contribution is 2.18. The van der Waals surface area contributed by atoms with E-state index in [0.717, 1.165) is 28.9 Å². The number of hydrogen-bond acceptors (Lipinski definition) is 5. The van der Waals surface area contributed by atoms with Gasteiger partial charge in [0.15, 0.2) is 0 Å². The Kier molecular flexibility index (Phi) is 3.93. The Morgan fingerprint density at radius 1 is 1.29 bits per heavy atom. The van der Waals surface area contributed by atoms with Gasteiger partial charge >= 0.3 is 0 Å². The fraction of sp³-hybridized carbons (Fsp3) is 0.333. The molecule has 0 spiro atoms. The predicted octanol–water partition coefficient (Wildman–Crippen LogP) is 2.51. The van der Waals surface area contributed by atoms with Crippen molar-refractivity contribution < 1.29 is 4.74 Å². The summed E-state index contributed by atoms with van der Waals surface area (Å²) in [5.41, 5.74) is 1.20. The van der Waals surface area contributed by atoms with Crippen molar-refractivity contribution in [3.05, 3.63) is 34.8 Å². The molecular weight excluding hydrogens is 234 g/mol. The lowest BCUT2D eigenvalue weighted by Crippen LogP contribution is -2.05. The maximum absolute atomic E-state index is 5.30. The van der Waals surface area contributed by atoms with E-state index in [-0.39, 0.29) is 0 Å². The first-order chi connectivity index (χ1) is 8.29. The molecule has 2 aromatic rings. The van der Waals surface area contributed by atoms with Gasteiger partial charge in [0, 0.05) is 6.54 Å². The summed E-state index contributed by atoms with van der Waals surface area (Å²) >= 11 is 1.57. The third kappa shape index (κ3) is 3.17. The largest absolute Gasteiger partial charge is 0.496 e. The van der Waals surface area contributed by atoms with E-state index in [1.165, 1.54) is 5.56 Å². The second kappa shape index (κ2) is 5.63. The van der Waals surface area contributed by atoms with Crippen molar-refractivity contribution in [1.29, 1.82) is 0 Å². The molecule has 90 valence electrons. The van der Waals surface area contributed by atoms with Gasteiger partial charge < -0.3 is 10.1 Å². The molecule has 0 aliphatic rings. The number of aromatic nitrogens is 2. The molecule has 0 unspecified atom stereocenters. The van der Waals surface area contributed by atoms with Gasteiger partial charge in [-0.25, -0.2) is 0 Å². The summed E-state index contributed by atoms with van der Waals surface area (Å²) in [5, 5.41) is 13.1. The SMILES string of the molecule is COc1ccccc1CCNc1nnc(C)s1. The first kappa shape index (κ1) is 11.9. The van der Waals surface area contributed by atoms with Gasteiger partial charge in [0.1, 0.15) is 10.8 Å². The number of rotatable bonds is 5. The van der Waals surface area contributed by atoms with E-state index in [2.05, 4.69) is 21.6 Å². The van der Waals surface area contributed by atoms with Crippen LogP contribution in [0, 0.1) is 6.92 Å². The maximum atomic E-state index is 5.30. The molecule has 2 rings (SSSR count). The van der Waals surface area contributed by atoms with Crippen LogP contribution in [-0.4, -0.2) is 23.9 Å². The van der Waals surface area contributed by atoms with Gasteiger partial charge in [0.25, 0.3) is 0 Å². The van der Waals surface area contributed by atoms with E-state index in [0.29, 0.717) is 0 Å². The zero-order valence-corrected chi connectivity index (χ0v) is 10.8. The lowest BCUT2D eigenvalue weighted by atomic mass is 10.1. The molecule has 0 saturated carbocycles. The number of benzene rings is 1. The van der Waals surface area contributed by atoms with E-state index in [1.807, 2.05) is 25.1 Å². The summed E-state index contributed by atoms with van der Waals surface area (Å²) in [6, 6.07) is 8.05. The summed E-state index contributed by atoms with van der Waals surface area (Å²) in [7, 11) is 1.69. The quantitative estimate of drug-likeness (QED) is 0.884. The number of anilines is 1. The highest BCUT2D eigenvalue weighted by Gasteiger charge is 2.02. The molecule has 17 heavy (non-hydrogen) atoms. The van der Waals surface area contributed by atoms with Crippen LogP contribution in [0.25, 0.3) is 0 Å². The van der Waals surface area contributed by atoms with Crippen LogP contribution < -0.4 is 10.1 Å². The Bertz CT molecular complexity index is 484. The average molecular weight is 249 g/mol. The number of para-hydroxylation sites is 1. The number of ether oxygens (including phenoxy) is 1. The maximum Gasteiger partial charge on any atom is 0.205 e. The molecule has 0 bridgehead atoms. The van der Waals surface area contributed by atoms with Crippen molar-refractivity contribution in [2.24, 2.45) is 0 Å². The summed E-state index contributed by atoms with van der Waals surface area (Å²) < 4.78 is 5.30. The zero-order chi connectivity index (χ0) is 12.1. The molecule has 0 radical (unpaired) electrons. The number of nitrogens with one attached hydrogen (secondary N) is 1. The lowest BCUT2D eigenvalue weighted by molar-refractivity contribution is 0.410. The normalized spacial score (nSPS) is 10.2. The van der Waals surface area contributed by atoms with Crippen LogP contribution >= 0.6 is 11.3 Å². The molecule has 0 aliphatic carbocycles. The summed E-state index contributed by atoms with van der Waals surface area (Å²) in [5.74, 6) is 0.933. The zero-order valence-electron chi connectivity index (χ0n) is 9.93. The highest BCUT2D eigenvalue weighted by atomic mass is 32.1. The van der Waals surface area contributed by atoms with Gasteiger partial charge in [-0.3, -0.25) is 0 Å². The first-order valence-electron chi connectivity index (χ1n) is 5.45. The Labute approximate surface area is 105 Å². The number of methoxy groups -OCH3 is 1. The van der Waals surface area contributed by atoms with Crippen molar-refractivity contribution in [3.8, 4) is 5.75 Å². The van der Waals surface area contributed by atoms with Crippen molar-refractivity contribution in [1.82, 2.24) is 10.2 Å². The third-order valence-electron chi connectivity index (χ3n) is 2.39. The number of hydrogen-bond donors (Lipinski definition) is 1. The van der Waals surface area contributed by atoms with E-state index >= 15 is 0 Å². The smallest absolute Gasteiger partial charge is 0.205 e. The molecule has 0 aliphatic heterocycles. The first-order valence-corrected chi connectivity index (χ1v) is 6.27. The van der Waals surface area contributed by atoms with Gasteiger partial charge in [-0.05, 0) is 25.0 Å². The monoisotopic (exact) mass is 249 g/mol. The van der Waals surface area contributed by atoms with Crippen LogP contribution in [0.15, 0.2) is 24.3 Å². The highest BCUT2D eigenvalue weighted by molar-refractivity contribution is 7.15. The molecule has 1 aromatic carbocycles. The van der Waals surface area contributed by atoms with Crippen LogP contribution in [0.2, 0.25) is 0 Å². The van der Waals surface area contributed by atoms with Gasteiger partial charge in [-0.2, -0.15) is 0 Å². The van der Waals surface area contributed by atoms with Crippen molar-refractivity contribution in [3.63, 3.8) is 0 Å². The molecule has 5 heteroatoms. The fourth-order valence-corrected chi connectivity index (χ4v) is 2.20. The third-order valence-corrected chi connectivity index (χ3v) is 3.19. The number of nitrogens with zero attached hydrogens (tertiary/aromatic N) is 2. The molecule has 1 N–H and O–H groups in total. The number of aryl methyl sites for hydroxylation is 1. The van der Waals surface area contributed by atoms with Crippen LogP contribution in [0.1, 0.15) is 10.6 Å². The lowest BCUT2D eigenvalue weighted by Gasteiger charge is -2.07. The van der Waals surface area contributed by atoms with Gasteiger partial charge in [-0.1, -0.05) is 29.5 Å². The minimum atomic E-state index is 0.828. The van der Waals surface area contributed by atoms with E-state index in [1.54, 1.807) is 18.4 Å². The topological polar surface area (TPSA) is 47.0 Å². The van der Waals surface area contributed by atoms with E-state index < -0.39 is 0 Å². The van der Waals surface area contributed by atoms with Gasteiger partial charge in [-0.15, -0.1) is 10.2 Å². The molecule has 0 atom stereocenters. The summed E-state index contributed by atoms with van der Waals surface area (Å²) in [4.78, 5) is 0. The van der Waals surface area contributed by atoms with E-state index in [9.17, 15) is 0 Å². The van der Waals surface area contributed by atoms with Gasteiger partial charge in [0.2, 0.25) is 5.13 Å². The second-order valence-electron chi connectivity index (χ2n) is 3.61. The predicted molar refractivity (Wildman–Crippen MR) is 69.8 cm³/mol. The van der Waals surface area contributed by atoms with Crippen LogP contribution in [0.4, 0.5) is 5.13 Å². The fourth-order valence-electron chi connectivity index (χ4n) is 1.58. The van der Waals surface area contributed by atoms with Crippen molar-refractivity contribution >= 4 is 16.5 Å². The molecule has 1 heterocycles. The summed E-state index contributed by atoms with van der Waals surface area (Å²) in [6.45, 7) is 2.78. The van der Waals surface area contributed by atoms with Crippen molar-refractivity contribution in [2.75, 3.05) is 19.0 Å². The molecule has 4 nitrogen and oxygen atoms in total. The molecular formula is C12H15N3OS. The molecule has 0 saturated heterocycles. The average Bonchev–Trinajstić information content (AvgIpc) is 2.76. The Hall–Kier alpha value is -1.62. The minimum Gasteiger partial charge on any atom is -0.496 e. The molecule has 1 aromatic heterocycles. The Balaban J connectivity index is 1.89. The van der Waals surface area contributed by atoms with Crippen LogP contribution in [0.5, 0.6) is 5.75 Å². The molecule has 0 fully saturated rings. The summed E-state index contributed by atoms with van der Waals surface area (Å²) in [6.07, 6.45) is 0.905. The minimum absolute atomic E-state index is 0.828. The van der Waals surface area contributed by atoms with Crippen molar-refractivity contribution in [2.45, 2.75) is 13.3 Å². The standard InChI is InChI=1S/C12H15N3OS/c1-9-14-15-12(17-9)13-8-7-10-5-3-4-6-11(10)16-2/h3-6H,7-8H2,1-2H3,(H,13,15). The van der Waals surface area contributed by atoms with Crippen LogP contribution in [0.3, 0.4) is 0 Å². The Morgan fingerprint density at radius 3 is 2.82 bits per heavy atom. The molecule has 0 amide bonds. The Morgan fingerprint density at radius 2 is 2.12 bits per heavy atom.